The minimum Gasteiger partial charge on any atom is -0.336 e. The topological polar surface area (TPSA) is 66.1 Å². The van der Waals surface area contributed by atoms with E-state index in [0.29, 0.717) is 22.6 Å². The van der Waals surface area contributed by atoms with E-state index in [-0.39, 0.29) is 11.5 Å². The summed E-state index contributed by atoms with van der Waals surface area (Å²) >= 11 is 0. The van der Waals surface area contributed by atoms with Gasteiger partial charge in [0.25, 0.3) is 5.91 Å². The van der Waals surface area contributed by atoms with E-state index in [2.05, 4.69) is 16.9 Å². The number of carbonyl (C=O) groups excluding carboxylic acids is 1. The highest BCUT2D eigenvalue weighted by Crippen LogP contribution is 2.29. The Balaban J connectivity index is 2.01. The molecule has 0 radical (unpaired) electrons. The minimum atomic E-state index is -0.282. The van der Waals surface area contributed by atoms with Gasteiger partial charge in [-0.2, -0.15) is 0 Å². The summed E-state index contributed by atoms with van der Waals surface area (Å²) in [6.07, 6.45) is 5.78. The average Bonchev–Trinajstić information content (AvgIpc) is 3.31. The van der Waals surface area contributed by atoms with Crippen LogP contribution in [-0.2, 0) is 0 Å². The van der Waals surface area contributed by atoms with Crippen molar-refractivity contribution >= 4 is 16.9 Å². The molecule has 3 rings (SSSR count). The molecule has 0 spiro atoms. The number of hydrogen-bond donors (Lipinski definition) is 1. The number of unbranched alkanes of at least 4 members (excludes halogenated alkanes) is 1. The smallest absolute Gasteiger partial charge is 0.255 e. The van der Waals surface area contributed by atoms with Gasteiger partial charge in [-0.3, -0.25) is 9.59 Å². The number of fused-ring (bicyclic) bond motifs is 1. The molecule has 5 nitrogen and oxygen atoms in total. The van der Waals surface area contributed by atoms with Crippen LogP contribution in [0.5, 0.6) is 0 Å². The van der Waals surface area contributed by atoms with Crippen molar-refractivity contribution in [3.05, 3.63) is 40.3 Å². The first-order valence-corrected chi connectivity index (χ1v) is 7.49. The largest absolute Gasteiger partial charge is 0.336 e. The van der Waals surface area contributed by atoms with Crippen LogP contribution in [0.2, 0.25) is 0 Å². The second kappa shape index (κ2) is 5.68. The summed E-state index contributed by atoms with van der Waals surface area (Å²) in [5.41, 5.74) is 0.653. The molecule has 0 unspecified atom stereocenters. The number of nitrogens with one attached hydrogen (secondary N) is 1. The van der Waals surface area contributed by atoms with Gasteiger partial charge in [0, 0.05) is 30.2 Å². The SMILES string of the molecule is CCCCN(C(=O)c1cc(=O)[nH]c2ncccc12)C1CC1. The Hall–Kier alpha value is -2.17. The first-order valence-electron chi connectivity index (χ1n) is 7.49. The molecule has 1 fully saturated rings. The van der Waals surface area contributed by atoms with Gasteiger partial charge in [-0.15, -0.1) is 0 Å². The number of aromatic amines is 1. The molecular formula is C16H19N3O2. The molecule has 0 atom stereocenters. The van der Waals surface area contributed by atoms with Crippen molar-refractivity contribution in [3.8, 4) is 0 Å². The molecule has 1 aliphatic carbocycles. The zero-order valence-corrected chi connectivity index (χ0v) is 12.1. The minimum absolute atomic E-state index is 0.0462. The number of hydrogen-bond acceptors (Lipinski definition) is 3. The number of aromatic nitrogens is 2. The number of carbonyl (C=O) groups is 1. The molecule has 0 aliphatic heterocycles. The molecule has 2 aromatic heterocycles. The lowest BCUT2D eigenvalue weighted by molar-refractivity contribution is 0.0742. The number of amides is 1. The molecule has 1 amide bonds. The van der Waals surface area contributed by atoms with E-state index in [1.807, 2.05) is 11.0 Å². The van der Waals surface area contributed by atoms with Gasteiger partial charge in [-0.05, 0) is 31.4 Å². The van der Waals surface area contributed by atoms with Crippen LogP contribution in [0.3, 0.4) is 0 Å². The van der Waals surface area contributed by atoms with E-state index < -0.39 is 0 Å². The normalized spacial score (nSPS) is 14.3. The van der Waals surface area contributed by atoms with E-state index in [1.54, 1.807) is 12.3 Å². The molecule has 0 bridgehead atoms. The monoisotopic (exact) mass is 285 g/mol. The fourth-order valence-electron chi connectivity index (χ4n) is 2.58. The third-order valence-corrected chi connectivity index (χ3v) is 3.85. The maximum Gasteiger partial charge on any atom is 0.255 e. The van der Waals surface area contributed by atoms with E-state index >= 15 is 0 Å². The van der Waals surface area contributed by atoms with Crippen LogP contribution in [0, 0.1) is 0 Å². The van der Waals surface area contributed by atoms with Gasteiger partial charge < -0.3 is 9.88 Å². The van der Waals surface area contributed by atoms with Crippen molar-refractivity contribution in [1.82, 2.24) is 14.9 Å². The van der Waals surface area contributed by atoms with Crippen LogP contribution in [0.4, 0.5) is 0 Å². The Labute approximate surface area is 123 Å². The number of nitrogens with zero attached hydrogens (tertiary/aromatic N) is 2. The Bertz CT molecular complexity index is 719. The van der Waals surface area contributed by atoms with Crippen LogP contribution < -0.4 is 5.56 Å². The van der Waals surface area contributed by atoms with E-state index in [4.69, 9.17) is 0 Å². The summed E-state index contributed by atoms with van der Waals surface area (Å²) in [5, 5.41) is 0.712. The first kappa shape index (κ1) is 13.8. The number of H-pyrrole nitrogens is 1. The summed E-state index contributed by atoms with van der Waals surface area (Å²) in [4.78, 5) is 33.3. The lowest BCUT2D eigenvalue weighted by Crippen LogP contribution is -2.34. The maximum absolute atomic E-state index is 12.8. The van der Waals surface area contributed by atoms with Crippen LogP contribution in [0.1, 0.15) is 43.0 Å². The summed E-state index contributed by atoms with van der Waals surface area (Å²) in [5.74, 6) is -0.0462. The first-order chi connectivity index (χ1) is 10.2. The van der Waals surface area contributed by atoms with Crippen molar-refractivity contribution in [1.29, 1.82) is 0 Å². The van der Waals surface area contributed by atoms with Crippen molar-refractivity contribution in [2.24, 2.45) is 0 Å². The summed E-state index contributed by atoms with van der Waals surface area (Å²) in [6, 6.07) is 5.35. The lowest BCUT2D eigenvalue weighted by atomic mass is 10.1. The summed E-state index contributed by atoms with van der Waals surface area (Å²) < 4.78 is 0. The molecule has 1 aliphatic rings. The fourth-order valence-corrected chi connectivity index (χ4v) is 2.58. The van der Waals surface area contributed by atoms with Crippen LogP contribution in [0.15, 0.2) is 29.2 Å². The molecule has 1 saturated carbocycles. The number of pyridine rings is 2. The lowest BCUT2D eigenvalue weighted by Gasteiger charge is -2.22. The molecule has 5 heteroatoms. The average molecular weight is 285 g/mol. The third kappa shape index (κ3) is 2.82. The Kier molecular flexibility index (Phi) is 3.73. The third-order valence-electron chi connectivity index (χ3n) is 3.85. The highest BCUT2D eigenvalue weighted by Gasteiger charge is 2.33. The van der Waals surface area contributed by atoms with Crippen LogP contribution in [0.25, 0.3) is 11.0 Å². The number of rotatable bonds is 5. The second-order valence-corrected chi connectivity index (χ2v) is 5.53. The van der Waals surface area contributed by atoms with E-state index in [9.17, 15) is 9.59 Å². The van der Waals surface area contributed by atoms with Gasteiger partial charge in [-0.25, -0.2) is 4.98 Å². The van der Waals surface area contributed by atoms with Gasteiger partial charge in [0.15, 0.2) is 0 Å². The van der Waals surface area contributed by atoms with Gasteiger partial charge in [0.1, 0.15) is 5.65 Å². The molecule has 2 aromatic rings. The Morgan fingerprint density at radius 1 is 1.48 bits per heavy atom. The predicted molar refractivity (Wildman–Crippen MR) is 81.3 cm³/mol. The van der Waals surface area contributed by atoms with Crippen molar-refractivity contribution in [3.63, 3.8) is 0 Å². The van der Waals surface area contributed by atoms with Gasteiger partial charge in [0.05, 0.1) is 5.56 Å². The molecule has 0 aromatic carbocycles. The van der Waals surface area contributed by atoms with E-state index in [0.717, 1.165) is 32.2 Å². The van der Waals surface area contributed by atoms with Gasteiger partial charge in [0.2, 0.25) is 5.56 Å². The predicted octanol–water partition coefficient (Wildman–Crippen LogP) is 2.33. The molecule has 21 heavy (non-hydrogen) atoms. The van der Waals surface area contributed by atoms with Crippen molar-refractivity contribution in [2.75, 3.05) is 6.54 Å². The quantitative estimate of drug-likeness (QED) is 0.917. The molecule has 1 N–H and O–H groups in total. The standard InChI is InChI=1S/C16H19N3O2/c1-2-3-9-19(11-6-7-11)16(21)13-10-14(20)18-15-12(13)5-4-8-17-15/h4-5,8,10-11H,2-3,6-7,9H2,1H3,(H,17,18,20). The van der Waals surface area contributed by atoms with Crippen LogP contribution >= 0.6 is 0 Å². The molecular weight excluding hydrogens is 266 g/mol. The molecule has 2 heterocycles. The van der Waals surface area contributed by atoms with Crippen LogP contribution in [-0.4, -0.2) is 33.4 Å². The van der Waals surface area contributed by atoms with Gasteiger partial charge >= 0.3 is 0 Å². The summed E-state index contributed by atoms with van der Waals surface area (Å²) in [6.45, 7) is 2.87. The molecule has 0 saturated heterocycles. The highest BCUT2D eigenvalue weighted by atomic mass is 16.2. The summed E-state index contributed by atoms with van der Waals surface area (Å²) in [7, 11) is 0. The maximum atomic E-state index is 12.8. The fraction of sp³-hybridized carbons (Fsp3) is 0.438. The zero-order chi connectivity index (χ0) is 14.8. The van der Waals surface area contributed by atoms with Gasteiger partial charge in [-0.1, -0.05) is 13.3 Å². The van der Waals surface area contributed by atoms with Crippen molar-refractivity contribution in [2.45, 2.75) is 38.6 Å². The highest BCUT2D eigenvalue weighted by molar-refractivity contribution is 6.05. The Morgan fingerprint density at radius 3 is 3.00 bits per heavy atom. The van der Waals surface area contributed by atoms with E-state index in [1.165, 1.54) is 6.07 Å². The molecule has 110 valence electrons. The van der Waals surface area contributed by atoms with Crippen molar-refractivity contribution < 1.29 is 4.79 Å². The Morgan fingerprint density at radius 2 is 2.29 bits per heavy atom. The zero-order valence-electron chi connectivity index (χ0n) is 12.1. The second-order valence-electron chi connectivity index (χ2n) is 5.53.